The van der Waals surface area contributed by atoms with Crippen molar-refractivity contribution in [1.82, 2.24) is 5.32 Å². The van der Waals surface area contributed by atoms with Crippen LogP contribution in [0.2, 0.25) is 0 Å². The van der Waals surface area contributed by atoms with Crippen molar-refractivity contribution in [3.8, 4) is 5.75 Å². The molecular formula is C21H19F2NO5S. The molecule has 0 saturated carbocycles. The van der Waals surface area contributed by atoms with Gasteiger partial charge in [0.25, 0.3) is 5.91 Å². The zero-order valence-electron chi connectivity index (χ0n) is 15.9. The van der Waals surface area contributed by atoms with Gasteiger partial charge in [-0.1, -0.05) is 30.3 Å². The second kappa shape index (κ2) is 9.08. The average molecular weight is 435 g/mol. The van der Waals surface area contributed by atoms with Crippen molar-refractivity contribution in [3.05, 3.63) is 83.8 Å². The van der Waals surface area contributed by atoms with Gasteiger partial charge in [-0.05, 0) is 42.8 Å². The van der Waals surface area contributed by atoms with Crippen LogP contribution in [0.1, 0.15) is 34.6 Å². The lowest BCUT2D eigenvalue weighted by Crippen LogP contribution is -2.27. The lowest BCUT2D eigenvalue weighted by atomic mass is 10.1. The molecule has 0 fully saturated rings. The minimum Gasteiger partial charge on any atom is -0.459 e. The summed E-state index contributed by atoms with van der Waals surface area (Å²) in [4.78, 5) is 12.8. The first-order valence-corrected chi connectivity index (χ1v) is 10.6. The quantitative estimate of drug-likeness (QED) is 0.569. The Kier molecular flexibility index (Phi) is 6.51. The normalized spacial score (nSPS) is 12.5. The van der Waals surface area contributed by atoms with Gasteiger partial charge in [-0.15, -0.1) is 0 Å². The number of benzene rings is 2. The maximum Gasteiger partial charge on any atom is 0.387 e. The Morgan fingerprint density at radius 3 is 2.53 bits per heavy atom. The van der Waals surface area contributed by atoms with Gasteiger partial charge < -0.3 is 14.5 Å². The molecule has 3 rings (SSSR count). The monoisotopic (exact) mass is 435 g/mol. The van der Waals surface area contributed by atoms with E-state index in [0.29, 0.717) is 5.56 Å². The summed E-state index contributed by atoms with van der Waals surface area (Å²) in [7, 11) is -3.66. The Morgan fingerprint density at radius 1 is 1.10 bits per heavy atom. The Hall–Kier alpha value is -3.20. The number of rotatable bonds is 8. The molecule has 1 heterocycles. The predicted octanol–water partition coefficient (Wildman–Crippen LogP) is 4.35. The number of alkyl halides is 2. The lowest BCUT2D eigenvalue weighted by Gasteiger charge is -2.15. The highest BCUT2D eigenvalue weighted by Gasteiger charge is 2.23. The first-order chi connectivity index (χ1) is 14.3. The Morgan fingerprint density at radius 2 is 1.83 bits per heavy atom. The van der Waals surface area contributed by atoms with Crippen molar-refractivity contribution < 1.29 is 31.1 Å². The molecule has 1 unspecified atom stereocenters. The van der Waals surface area contributed by atoms with Crippen LogP contribution in [-0.4, -0.2) is 20.9 Å². The van der Waals surface area contributed by atoms with Gasteiger partial charge in [-0.3, -0.25) is 4.79 Å². The molecule has 1 aromatic heterocycles. The molecule has 9 heteroatoms. The van der Waals surface area contributed by atoms with Crippen LogP contribution in [0.15, 0.2) is 76.2 Å². The van der Waals surface area contributed by atoms with Crippen LogP contribution in [0, 0.1) is 0 Å². The molecule has 0 bridgehead atoms. The standard InChI is InChI=1S/C21H19F2NO5S/c1-14(15-6-5-7-17(12-15)29-21(22)23)24-20(25)19-16(10-11-28-19)13-30(26,27)18-8-3-2-4-9-18/h2-12,14,21H,13H2,1H3,(H,24,25). The van der Waals surface area contributed by atoms with Crippen molar-refractivity contribution in [3.63, 3.8) is 0 Å². The SMILES string of the molecule is CC(NC(=O)c1occc1CS(=O)(=O)c1ccccc1)c1cccc(OC(F)F)c1. The number of nitrogens with one attached hydrogen (secondary N) is 1. The fraction of sp³-hybridized carbons (Fsp3) is 0.190. The average Bonchev–Trinajstić information content (AvgIpc) is 3.16. The number of hydrogen-bond acceptors (Lipinski definition) is 5. The maximum atomic E-state index is 12.6. The van der Waals surface area contributed by atoms with Crippen LogP contribution in [0.25, 0.3) is 0 Å². The van der Waals surface area contributed by atoms with Crippen molar-refractivity contribution in [2.75, 3.05) is 0 Å². The molecular weight excluding hydrogens is 416 g/mol. The molecule has 2 aromatic carbocycles. The van der Waals surface area contributed by atoms with Gasteiger partial charge in [0.05, 0.1) is 23.0 Å². The molecule has 0 saturated heterocycles. The number of amides is 1. The molecule has 1 N–H and O–H groups in total. The zero-order chi connectivity index (χ0) is 21.7. The van der Waals surface area contributed by atoms with Crippen LogP contribution >= 0.6 is 0 Å². The van der Waals surface area contributed by atoms with Gasteiger partial charge in [-0.2, -0.15) is 8.78 Å². The third-order valence-electron chi connectivity index (χ3n) is 4.33. The minimum absolute atomic E-state index is 0.0313. The largest absolute Gasteiger partial charge is 0.459 e. The summed E-state index contributed by atoms with van der Waals surface area (Å²) >= 11 is 0. The minimum atomic E-state index is -3.66. The number of hydrogen-bond donors (Lipinski definition) is 1. The third-order valence-corrected chi connectivity index (χ3v) is 6.01. The summed E-state index contributed by atoms with van der Waals surface area (Å²) in [6, 6.07) is 14.7. The molecule has 30 heavy (non-hydrogen) atoms. The van der Waals surface area contributed by atoms with Crippen molar-refractivity contribution in [2.24, 2.45) is 0 Å². The Labute approximate surface area is 172 Å². The van der Waals surface area contributed by atoms with E-state index in [2.05, 4.69) is 10.1 Å². The molecule has 158 valence electrons. The molecule has 3 aromatic rings. The van der Waals surface area contributed by atoms with Crippen molar-refractivity contribution in [2.45, 2.75) is 30.2 Å². The first-order valence-electron chi connectivity index (χ1n) is 8.96. The lowest BCUT2D eigenvalue weighted by molar-refractivity contribution is -0.0499. The van der Waals surface area contributed by atoms with E-state index in [0.717, 1.165) is 0 Å². The smallest absolute Gasteiger partial charge is 0.387 e. The molecule has 6 nitrogen and oxygen atoms in total. The van der Waals surface area contributed by atoms with Crippen molar-refractivity contribution >= 4 is 15.7 Å². The number of halogens is 2. The van der Waals surface area contributed by atoms with E-state index in [-0.39, 0.29) is 22.0 Å². The third kappa shape index (κ3) is 5.24. The Bertz CT molecular complexity index is 1110. The van der Waals surface area contributed by atoms with E-state index in [1.54, 1.807) is 31.2 Å². The summed E-state index contributed by atoms with van der Waals surface area (Å²) in [5.74, 6) is -1.17. The van der Waals surface area contributed by atoms with Crippen LogP contribution < -0.4 is 10.1 Å². The van der Waals surface area contributed by atoms with Gasteiger partial charge in [0.15, 0.2) is 15.6 Å². The molecule has 1 amide bonds. The number of ether oxygens (including phenoxy) is 1. The van der Waals surface area contributed by atoms with E-state index in [4.69, 9.17) is 4.42 Å². The second-order valence-electron chi connectivity index (χ2n) is 6.49. The fourth-order valence-corrected chi connectivity index (χ4v) is 4.25. The summed E-state index contributed by atoms with van der Waals surface area (Å²) < 4.78 is 59.6. The highest BCUT2D eigenvalue weighted by Crippen LogP contribution is 2.23. The van der Waals surface area contributed by atoms with E-state index >= 15 is 0 Å². The molecule has 0 spiro atoms. The number of carbonyl (C=O) groups excluding carboxylic acids is 1. The van der Waals surface area contributed by atoms with Gasteiger partial charge in [0.1, 0.15) is 5.75 Å². The number of furan rings is 1. The Balaban J connectivity index is 1.74. The molecule has 1 atom stereocenters. The van der Waals surface area contributed by atoms with E-state index in [1.807, 2.05) is 0 Å². The summed E-state index contributed by atoms with van der Waals surface area (Å²) in [6.45, 7) is -1.30. The highest BCUT2D eigenvalue weighted by molar-refractivity contribution is 7.90. The fourth-order valence-electron chi connectivity index (χ4n) is 2.87. The second-order valence-corrected chi connectivity index (χ2v) is 8.48. The van der Waals surface area contributed by atoms with E-state index in [9.17, 15) is 22.0 Å². The molecule has 0 radical (unpaired) electrons. The molecule has 0 aliphatic rings. The van der Waals surface area contributed by atoms with Crippen LogP contribution in [0.5, 0.6) is 5.75 Å². The predicted molar refractivity (Wildman–Crippen MR) is 105 cm³/mol. The van der Waals surface area contributed by atoms with Gasteiger partial charge >= 0.3 is 6.61 Å². The van der Waals surface area contributed by atoms with Gasteiger partial charge in [0, 0.05) is 5.56 Å². The molecule has 0 aliphatic heterocycles. The number of sulfone groups is 1. The highest BCUT2D eigenvalue weighted by atomic mass is 32.2. The summed E-state index contributed by atoms with van der Waals surface area (Å²) in [5.41, 5.74) is 0.754. The zero-order valence-corrected chi connectivity index (χ0v) is 16.7. The van der Waals surface area contributed by atoms with Gasteiger partial charge in [0.2, 0.25) is 0 Å². The summed E-state index contributed by atoms with van der Waals surface area (Å²) in [5, 5.41) is 2.67. The summed E-state index contributed by atoms with van der Waals surface area (Å²) in [6.07, 6.45) is 1.24. The number of carbonyl (C=O) groups is 1. The topological polar surface area (TPSA) is 85.6 Å². The van der Waals surface area contributed by atoms with E-state index in [1.165, 1.54) is 42.7 Å². The van der Waals surface area contributed by atoms with Crippen LogP contribution in [-0.2, 0) is 15.6 Å². The molecule has 0 aliphatic carbocycles. The van der Waals surface area contributed by atoms with Gasteiger partial charge in [-0.25, -0.2) is 8.42 Å². The maximum absolute atomic E-state index is 12.6. The van der Waals surface area contributed by atoms with Crippen molar-refractivity contribution in [1.29, 1.82) is 0 Å². The van der Waals surface area contributed by atoms with E-state index < -0.39 is 34.2 Å². The van der Waals surface area contributed by atoms with Crippen LogP contribution in [0.4, 0.5) is 8.78 Å². The first kappa shape index (κ1) is 21.5. The van der Waals surface area contributed by atoms with Crippen LogP contribution in [0.3, 0.4) is 0 Å².